The number of hydrogen-bond acceptors (Lipinski definition) is 3. The zero-order valence-corrected chi connectivity index (χ0v) is 13.1. The van der Waals surface area contributed by atoms with Gasteiger partial charge in [-0.3, -0.25) is 9.97 Å². The highest BCUT2D eigenvalue weighted by Gasteiger charge is 2.22. The molecule has 3 rings (SSSR count). The highest BCUT2D eigenvalue weighted by molar-refractivity contribution is 5.77. The minimum atomic E-state index is 0.816. The number of hydrogen-bond donors (Lipinski definition) is 0. The van der Waals surface area contributed by atoms with Crippen molar-refractivity contribution in [2.24, 2.45) is 11.8 Å². The van der Waals surface area contributed by atoms with Crippen molar-refractivity contribution < 1.29 is 0 Å². The summed E-state index contributed by atoms with van der Waals surface area (Å²) in [5, 5.41) is 0. The van der Waals surface area contributed by atoms with Crippen molar-refractivity contribution in [3.8, 4) is 0 Å². The third-order valence-corrected chi connectivity index (χ3v) is 4.68. The van der Waals surface area contributed by atoms with E-state index < -0.39 is 0 Å². The fraction of sp³-hybridized carbons (Fsp3) is 0.556. The van der Waals surface area contributed by atoms with Gasteiger partial charge in [-0.15, -0.1) is 0 Å². The van der Waals surface area contributed by atoms with E-state index in [2.05, 4.69) is 41.1 Å². The Labute approximate surface area is 127 Å². The Morgan fingerprint density at radius 2 is 1.76 bits per heavy atom. The molecule has 2 aromatic heterocycles. The second kappa shape index (κ2) is 6.52. The number of pyridine rings is 2. The van der Waals surface area contributed by atoms with Crippen LogP contribution in [0.15, 0.2) is 30.6 Å². The molecule has 1 aliphatic carbocycles. The fourth-order valence-electron chi connectivity index (χ4n) is 3.65. The molecule has 0 aromatic carbocycles. The Kier molecular flexibility index (Phi) is 4.49. The first-order chi connectivity index (χ1) is 10.2. The molecule has 1 fully saturated rings. The lowest BCUT2D eigenvalue weighted by molar-refractivity contribution is 0.222. The molecule has 0 saturated heterocycles. The van der Waals surface area contributed by atoms with Gasteiger partial charge in [-0.05, 0) is 81.8 Å². The van der Waals surface area contributed by atoms with Crippen molar-refractivity contribution in [2.75, 3.05) is 20.6 Å². The van der Waals surface area contributed by atoms with Gasteiger partial charge in [0.05, 0.1) is 11.0 Å². The van der Waals surface area contributed by atoms with Crippen LogP contribution in [0.2, 0.25) is 0 Å². The molecular formula is C18H25N3. The molecule has 0 aliphatic heterocycles. The van der Waals surface area contributed by atoms with E-state index >= 15 is 0 Å². The molecule has 2 aromatic rings. The summed E-state index contributed by atoms with van der Waals surface area (Å²) in [6.07, 6.45) is 10.4. The Morgan fingerprint density at radius 3 is 2.52 bits per heavy atom. The number of fused-ring (bicyclic) bond motifs is 1. The van der Waals surface area contributed by atoms with Crippen LogP contribution in [0.3, 0.4) is 0 Å². The second-order valence-electron chi connectivity index (χ2n) is 6.69. The SMILES string of the molecule is CN(C)CC1CCC(Cc2ccnc3cccnc23)CC1. The van der Waals surface area contributed by atoms with Gasteiger partial charge in [0.2, 0.25) is 0 Å². The van der Waals surface area contributed by atoms with E-state index in [1.807, 2.05) is 18.5 Å². The van der Waals surface area contributed by atoms with Crippen molar-refractivity contribution in [1.29, 1.82) is 0 Å². The molecule has 2 heterocycles. The van der Waals surface area contributed by atoms with Gasteiger partial charge in [0.15, 0.2) is 0 Å². The van der Waals surface area contributed by atoms with Crippen LogP contribution in [0.4, 0.5) is 0 Å². The first-order valence-electron chi connectivity index (χ1n) is 8.05. The maximum absolute atomic E-state index is 4.53. The summed E-state index contributed by atoms with van der Waals surface area (Å²) < 4.78 is 0. The molecule has 3 nitrogen and oxygen atoms in total. The topological polar surface area (TPSA) is 29.0 Å². The van der Waals surface area contributed by atoms with Crippen molar-refractivity contribution in [1.82, 2.24) is 14.9 Å². The van der Waals surface area contributed by atoms with E-state index in [0.717, 1.165) is 29.3 Å². The predicted octanol–water partition coefficient (Wildman–Crippen LogP) is 3.54. The van der Waals surface area contributed by atoms with Crippen LogP contribution in [-0.2, 0) is 6.42 Å². The summed E-state index contributed by atoms with van der Waals surface area (Å²) in [4.78, 5) is 11.3. The molecule has 0 atom stereocenters. The first-order valence-corrected chi connectivity index (χ1v) is 8.05. The molecule has 0 unspecified atom stereocenters. The minimum absolute atomic E-state index is 0.816. The Balaban J connectivity index is 1.65. The normalized spacial score (nSPS) is 22.8. The molecular weight excluding hydrogens is 258 g/mol. The Bertz CT molecular complexity index is 581. The lowest BCUT2D eigenvalue weighted by Crippen LogP contribution is -2.26. The van der Waals surface area contributed by atoms with Crippen LogP contribution in [0, 0.1) is 11.8 Å². The lowest BCUT2D eigenvalue weighted by Gasteiger charge is -2.30. The smallest absolute Gasteiger partial charge is 0.0918 e. The summed E-state index contributed by atoms with van der Waals surface area (Å²) >= 11 is 0. The largest absolute Gasteiger partial charge is 0.309 e. The van der Waals surface area contributed by atoms with Crippen LogP contribution in [-0.4, -0.2) is 35.5 Å². The van der Waals surface area contributed by atoms with E-state index in [9.17, 15) is 0 Å². The number of nitrogens with zero attached hydrogens (tertiary/aromatic N) is 3. The fourth-order valence-corrected chi connectivity index (χ4v) is 3.65. The van der Waals surface area contributed by atoms with E-state index in [1.165, 1.54) is 37.8 Å². The van der Waals surface area contributed by atoms with Crippen LogP contribution < -0.4 is 0 Å². The van der Waals surface area contributed by atoms with Gasteiger partial charge >= 0.3 is 0 Å². The first kappa shape index (κ1) is 14.5. The highest BCUT2D eigenvalue weighted by Crippen LogP contribution is 2.32. The Morgan fingerprint density at radius 1 is 1.00 bits per heavy atom. The molecule has 0 radical (unpaired) electrons. The summed E-state index contributed by atoms with van der Waals surface area (Å²) in [6.45, 7) is 1.24. The number of rotatable bonds is 4. The lowest BCUT2D eigenvalue weighted by atomic mass is 9.79. The van der Waals surface area contributed by atoms with Gasteiger partial charge < -0.3 is 4.90 Å². The molecule has 0 bridgehead atoms. The molecule has 1 saturated carbocycles. The maximum atomic E-state index is 4.53. The van der Waals surface area contributed by atoms with Gasteiger partial charge in [-0.25, -0.2) is 0 Å². The summed E-state index contributed by atoms with van der Waals surface area (Å²) in [5.41, 5.74) is 3.49. The standard InChI is InChI=1S/C18H25N3/c1-21(2)13-15-7-5-14(6-8-15)12-16-9-11-19-17-4-3-10-20-18(16)17/h3-4,9-11,14-15H,5-8,12-13H2,1-2H3. The van der Waals surface area contributed by atoms with E-state index in [4.69, 9.17) is 0 Å². The van der Waals surface area contributed by atoms with Crippen molar-refractivity contribution in [2.45, 2.75) is 32.1 Å². The third-order valence-electron chi connectivity index (χ3n) is 4.68. The van der Waals surface area contributed by atoms with Gasteiger partial charge in [-0.1, -0.05) is 0 Å². The zero-order valence-electron chi connectivity index (χ0n) is 13.1. The molecule has 0 spiro atoms. The quantitative estimate of drug-likeness (QED) is 0.859. The van der Waals surface area contributed by atoms with E-state index in [1.54, 1.807) is 0 Å². The van der Waals surface area contributed by atoms with Gasteiger partial charge in [0.25, 0.3) is 0 Å². The van der Waals surface area contributed by atoms with Crippen LogP contribution in [0.25, 0.3) is 11.0 Å². The average molecular weight is 283 g/mol. The van der Waals surface area contributed by atoms with Gasteiger partial charge in [0, 0.05) is 18.9 Å². The molecule has 21 heavy (non-hydrogen) atoms. The number of aromatic nitrogens is 2. The van der Waals surface area contributed by atoms with Crippen molar-refractivity contribution in [3.63, 3.8) is 0 Å². The van der Waals surface area contributed by atoms with Crippen LogP contribution in [0.5, 0.6) is 0 Å². The molecule has 0 amide bonds. The van der Waals surface area contributed by atoms with Gasteiger partial charge in [0.1, 0.15) is 0 Å². The molecule has 0 N–H and O–H groups in total. The van der Waals surface area contributed by atoms with Crippen molar-refractivity contribution in [3.05, 3.63) is 36.2 Å². The van der Waals surface area contributed by atoms with E-state index in [0.29, 0.717) is 0 Å². The molecule has 1 aliphatic rings. The van der Waals surface area contributed by atoms with Crippen LogP contribution >= 0.6 is 0 Å². The Hall–Kier alpha value is -1.48. The maximum Gasteiger partial charge on any atom is 0.0918 e. The summed E-state index contributed by atoms with van der Waals surface area (Å²) in [7, 11) is 4.36. The second-order valence-corrected chi connectivity index (χ2v) is 6.69. The highest BCUT2D eigenvalue weighted by atomic mass is 15.1. The van der Waals surface area contributed by atoms with Crippen LogP contribution in [0.1, 0.15) is 31.2 Å². The average Bonchev–Trinajstić information content (AvgIpc) is 2.49. The third kappa shape index (κ3) is 3.59. The predicted molar refractivity (Wildman–Crippen MR) is 87.2 cm³/mol. The van der Waals surface area contributed by atoms with Crippen molar-refractivity contribution >= 4 is 11.0 Å². The summed E-state index contributed by atoms with van der Waals surface area (Å²) in [6, 6.07) is 6.17. The molecule has 3 heteroatoms. The zero-order chi connectivity index (χ0) is 14.7. The monoisotopic (exact) mass is 283 g/mol. The van der Waals surface area contributed by atoms with Gasteiger partial charge in [-0.2, -0.15) is 0 Å². The van der Waals surface area contributed by atoms with E-state index in [-0.39, 0.29) is 0 Å². The molecule has 112 valence electrons. The summed E-state index contributed by atoms with van der Waals surface area (Å²) in [5.74, 6) is 1.71. The minimum Gasteiger partial charge on any atom is -0.309 e.